The molecular weight excluding hydrogens is 815 g/mol. The number of hydrogen-bond donors (Lipinski definition) is 5. The van der Waals surface area contributed by atoms with Gasteiger partial charge in [-0.1, -0.05) is 5.04 Å². The summed E-state index contributed by atoms with van der Waals surface area (Å²) in [6, 6.07) is 10.9. The molecule has 2 aromatic rings. The van der Waals surface area contributed by atoms with Gasteiger partial charge in [-0.2, -0.15) is 0 Å². The van der Waals surface area contributed by atoms with Crippen molar-refractivity contribution in [1.29, 1.82) is 0 Å². The molecule has 318 valence electrons. The van der Waals surface area contributed by atoms with Crippen LogP contribution in [0.2, 0.25) is 0 Å². The SMILES string of the molecule is Cc1cc2c(-c3cc(S(=O)(=O)[O-])ccc3C(=O)N3CCC(C(=O)OC(C)(C)C)CC3)c3cc(C)c(=[NH+]CCCOOOS)cc-3oc2cc1NCCCS(C)(=O)(O)O. The Morgan fingerprint density at radius 1 is 1.05 bits per heavy atom. The first-order valence-corrected chi connectivity index (χ1v) is 22.9. The van der Waals surface area contributed by atoms with Crippen LogP contribution in [-0.2, 0) is 43.5 Å². The Bertz CT molecular complexity index is 2380. The van der Waals surface area contributed by atoms with Crippen LogP contribution in [0.15, 0.2) is 51.8 Å². The number of carbonyl (C=O) groups is 2. The third-order valence-corrected chi connectivity index (χ3v) is 11.7. The fourth-order valence-corrected chi connectivity index (χ4v) is 8.20. The second-order valence-corrected chi connectivity index (χ2v) is 20.5. The van der Waals surface area contributed by atoms with Crippen molar-refractivity contribution in [2.24, 2.45) is 5.92 Å². The molecule has 0 spiro atoms. The van der Waals surface area contributed by atoms with E-state index in [0.29, 0.717) is 64.7 Å². The maximum absolute atomic E-state index is 14.5. The van der Waals surface area contributed by atoms with Crippen molar-refractivity contribution >= 4 is 61.2 Å². The van der Waals surface area contributed by atoms with Gasteiger partial charge in [-0.05, 0) is 95.3 Å². The van der Waals surface area contributed by atoms with E-state index in [1.54, 1.807) is 37.8 Å². The largest absolute Gasteiger partial charge is 0.744 e. The summed E-state index contributed by atoms with van der Waals surface area (Å²) < 4.78 is 85.3. The summed E-state index contributed by atoms with van der Waals surface area (Å²) in [5.74, 6) is -1.09. The molecule has 1 aliphatic carbocycles. The molecule has 2 aromatic carbocycles. The number of amides is 1. The molecule has 0 bridgehead atoms. The van der Waals surface area contributed by atoms with E-state index in [0.717, 1.165) is 23.4 Å². The number of esters is 1. The smallest absolute Gasteiger partial charge is 0.309 e. The molecule has 2 heterocycles. The quantitative estimate of drug-likeness (QED) is 0.0165. The van der Waals surface area contributed by atoms with Crippen LogP contribution in [0.3, 0.4) is 0 Å². The summed E-state index contributed by atoms with van der Waals surface area (Å²) >= 11 is 3.45. The third kappa shape index (κ3) is 11.9. The van der Waals surface area contributed by atoms with Crippen LogP contribution < -0.4 is 15.7 Å². The maximum atomic E-state index is 14.5. The first-order valence-electron chi connectivity index (χ1n) is 18.7. The Hall–Kier alpha value is -3.92. The molecule has 19 heteroatoms. The summed E-state index contributed by atoms with van der Waals surface area (Å²) in [7, 11) is -9.66. The average Bonchev–Trinajstić information content (AvgIpc) is 3.12. The fraction of sp³-hybridized carbons (Fsp3) is 0.462. The van der Waals surface area contributed by atoms with Gasteiger partial charge in [-0.25, -0.2) is 22.5 Å². The number of hydrogen-bond acceptors (Lipinski definition) is 13. The number of ether oxygens (including phenoxy) is 1. The second kappa shape index (κ2) is 17.7. The molecule has 0 atom stereocenters. The number of fused-ring (bicyclic) bond motifs is 2. The summed E-state index contributed by atoms with van der Waals surface area (Å²) in [5.41, 5.74) is 3.14. The van der Waals surface area contributed by atoms with E-state index in [9.17, 15) is 35.9 Å². The van der Waals surface area contributed by atoms with Crippen LogP contribution in [0.25, 0.3) is 33.4 Å². The zero-order valence-electron chi connectivity index (χ0n) is 33.3. The van der Waals surface area contributed by atoms with Crippen molar-refractivity contribution in [3.63, 3.8) is 0 Å². The molecule has 0 saturated carbocycles. The average molecular weight is 866 g/mol. The van der Waals surface area contributed by atoms with Gasteiger partial charge in [-0.3, -0.25) is 9.59 Å². The molecule has 0 unspecified atom stereocenters. The molecule has 2 aliphatic heterocycles. The molecular formula is C39H51N3O13S3. The molecule has 0 radical (unpaired) electrons. The minimum absolute atomic E-state index is 0.148. The van der Waals surface area contributed by atoms with Gasteiger partial charge in [0.15, 0.2) is 0 Å². The van der Waals surface area contributed by atoms with Crippen molar-refractivity contribution in [3.8, 4) is 22.5 Å². The molecule has 1 saturated heterocycles. The highest BCUT2D eigenvalue weighted by Crippen LogP contribution is 2.44. The lowest BCUT2D eigenvalue weighted by atomic mass is 9.88. The van der Waals surface area contributed by atoms with Crippen LogP contribution in [0.4, 0.5) is 5.69 Å². The topological polar surface area (TPSA) is 228 Å². The van der Waals surface area contributed by atoms with E-state index in [4.69, 9.17) is 14.0 Å². The van der Waals surface area contributed by atoms with Crippen LogP contribution in [0.1, 0.15) is 67.9 Å². The van der Waals surface area contributed by atoms with Gasteiger partial charge in [0.2, 0.25) is 5.36 Å². The first-order chi connectivity index (χ1) is 27.0. The molecule has 3 aliphatic rings. The standard InChI is InChI=1S/C39H51N3O13S3/c1-24-19-30-34(22-32(24)40-13-7-17-51-54-55-56)52-35-23-33(41-14-8-18-58(6,48,49)50)25(2)20-31(35)36(30)29-21-27(57(45,46)47)9-10-28(29)37(43)42-15-11-26(12-16-42)38(44)53-39(3,4)5/h9-10,19-23,26,41,56H,7-8,11-18H2,1-6H3,(H,45,46,47)(H2,48,49,50). The Morgan fingerprint density at radius 3 is 2.40 bits per heavy atom. The van der Waals surface area contributed by atoms with Crippen molar-refractivity contribution in [3.05, 3.63) is 64.5 Å². The number of anilines is 1. The molecule has 16 nitrogen and oxygen atoms in total. The van der Waals surface area contributed by atoms with Crippen LogP contribution in [0, 0.1) is 19.8 Å². The maximum Gasteiger partial charge on any atom is 0.309 e. The predicted molar refractivity (Wildman–Crippen MR) is 218 cm³/mol. The predicted octanol–water partition coefficient (Wildman–Crippen LogP) is 4.21. The number of rotatable bonds is 15. The van der Waals surface area contributed by atoms with E-state index in [1.807, 2.05) is 26.0 Å². The summed E-state index contributed by atoms with van der Waals surface area (Å²) in [6.45, 7) is 10.5. The highest BCUT2D eigenvalue weighted by atomic mass is 32.3. The lowest BCUT2D eigenvalue weighted by Crippen LogP contribution is -2.77. The molecule has 4 N–H and O–H groups in total. The lowest BCUT2D eigenvalue weighted by Gasteiger charge is -2.33. The summed E-state index contributed by atoms with van der Waals surface area (Å²) in [6.07, 6.45) is 2.35. The molecule has 0 aromatic heterocycles. The first kappa shape index (κ1) is 45.2. The zero-order valence-corrected chi connectivity index (χ0v) is 35.8. The molecule has 58 heavy (non-hydrogen) atoms. The van der Waals surface area contributed by atoms with Crippen LogP contribution >= 0.6 is 12.9 Å². The zero-order chi connectivity index (χ0) is 42.7. The number of nitrogens with zero attached hydrogens (tertiary/aromatic N) is 1. The van der Waals surface area contributed by atoms with E-state index >= 15 is 0 Å². The number of piperidine rings is 1. The van der Waals surface area contributed by atoms with Crippen LogP contribution in [0.5, 0.6) is 0 Å². The van der Waals surface area contributed by atoms with Gasteiger partial charge in [0, 0.05) is 90.4 Å². The van der Waals surface area contributed by atoms with Gasteiger partial charge in [-0.15, -0.1) is 4.33 Å². The van der Waals surface area contributed by atoms with Gasteiger partial charge >= 0.3 is 5.97 Å². The van der Waals surface area contributed by atoms with Gasteiger partial charge in [0.05, 0.1) is 33.1 Å². The van der Waals surface area contributed by atoms with E-state index in [2.05, 4.69) is 32.6 Å². The minimum Gasteiger partial charge on any atom is -0.744 e. The number of thiol groups is 1. The Balaban J connectivity index is 1.65. The van der Waals surface area contributed by atoms with Crippen molar-refractivity contribution < 1.29 is 64.3 Å². The van der Waals surface area contributed by atoms with E-state index < -0.39 is 42.1 Å². The minimum atomic E-state index is -4.97. The Kier molecular flexibility index (Phi) is 13.8. The summed E-state index contributed by atoms with van der Waals surface area (Å²) in [4.78, 5) is 36.6. The number of benzene rings is 3. The van der Waals surface area contributed by atoms with Gasteiger partial charge < -0.3 is 33.0 Å². The molecule has 1 fully saturated rings. The number of likely N-dealkylation sites (tertiary alicyclic amines) is 1. The molecule has 5 rings (SSSR count). The Morgan fingerprint density at radius 2 is 1.76 bits per heavy atom. The normalized spacial score (nSPS) is 15.4. The third-order valence-electron chi connectivity index (χ3n) is 9.62. The molecule has 1 amide bonds. The summed E-state index contributed by atoms with van der Waals surface area (Å²) in [5, 5.41) is 8.79. The lowest BCUT2D eigenvalue weighted by molar-refractivity contribution is -0.508. The highest BCUT2D eigenvalue weighted by Gasteiger charge is 2.33. The van der Waals surface area contributed by atoms with Crippen molar-refractivity contribution in [1.82, 2.24) is 4.90 Å². The van der Waals surface area contributed by atoms with Gasteiger partial charge in [0.25, 0.3) is 5.91 Å². The highest BCUT2D eigenvalue weighted by molar-refractivity contribution is 8.09. The van der Waals surface area contributed by atoms with Crippen molar-refractivity contribution in [2.45, 2.75) is 70.8 Å². The van der Waals surface area contributed by atoms with Crippen LogP contribution in [-0.4, -0.2) is 93.5 Å². The Labute approximate surface area is 342 Å². The number of aryl methyl sites for hydroxylation is 2. The number of nitrogens with one attached hydrogen (secondary N) is 2. The monoisotopic (exact) mass is 865 g/mol. The fourth-order valence-electron chi connectivity index (χ4n) is 6.85. The second-order valence-electron chi connectivity index (χ2n) is 15.7. The van der Waals surface area contributed by atoms with Gasteiger partial charge in [0.1, 0.15) is 33.6 Å². The van der Waals surface area contributed by atoms with E-state index in [1.165, 1.54) is 12.1 Å². The number of carbonyl (C=O) groups excluding carboxylic acids is 2. The van der Waals surface area contributed by atoms with E-state index in [-0.39, 0.29) is 55.5 Å². The van der Waals surface area contributed by atoms with Crippen molar-refractivity contribution in [2.75, 3.05) is 50.1 Å².